The molecule has 0 aliphatic carbocycles. The van der Waals surface area contributed by atoms with E-state index in [1.165, 1.54) is 18.5 Å². The van der Waals surface area contributed by atoms with E-state index in [0.717, 1.165) is 12.5 Å². The van der Waals surface area contributed by atoms with Crippen molar-refractivity contribution in [1.29, 1.82) is 0 Å². The van der Waals surface area contributed by atoms with Crippen molar-refractivity contribution in [1.82, 2.24) is 14.9 Å². The molecule has 33 heavy (non-hydrogen) atoms. The minimum Gasteiger partial charge on any atom is -0.380 e. The molecule has 1 aromatic carbocycles. The summed E-state index contributed by atoms with van der Waals surface area (Å²) in [6.45, 7) is 4.35. The molecule has 2 aliphatic heterocycles. The fraction of sp³-hybridized carbons (Fsp3) is 0.435. The molecule has 1 atom stereocenters. The molecule has 2 aromatic rings. The van der Waals surface area contributed by atoms with Gasteiger partial charge in [-0.05, 0) is 19.4 Å². The molecule has 1 saturated heterocycles. The van der Waals surface area contributed by atoms with Gasteiger partial charge in [-0.3, -0.25) is 4.79 Å². The Hall–Kier alpha value is -3.14. The Morgan fingerprint density at radius 2 is 1.97 bits per heavy atom. The van der Waals surface area contributed by atoms with Gasteiger partial charge in [0, 0.05) is 44.4 Å². The number of fused-ring (bicyclic) bond motifs is 1. The Kier molecular flexibility index (Phi) is 6.83. The first-order valence-electron chi connectivity index (χ1n) is 10.8. The van der Waals surface area contributed by atoms with Crippen LogP contribution in [0.3, 0.4) is 0 Å². The van der Waals surface area contributed by atoms with Crippen molar-refractivity contribution in [3.8, 4) is 0 Å². The lowest BCUT2D eigenvalue weighted by Crippen LogP contribution is -2.38. The predicted molar refractivity (Wildman–Crippen MR) is 119 cm³/mol. The Morgan fingerprint density at radius 1 is 1.18 bits per heavy atom. The Bertz CT molecular complexity index is 1050. The highest BCUT2D eigenvalue weighted by atomic mass is 19.3. The van der Waals surface area contributed by atoms with Crippen molar-refractivity contribution in [3.05, 3.63) is 52.6 Å². The van der Waals surface area contributed by atoms with Crippen LogP contribution in [0.2, 0.25) is 0 Å². The first-order valence-corrected chi connectivity index (χ1v) is 10.8. The fourth-order valence-corrected chi connectivity index (χ4v) is 4.12. The van der Waals surface area contributed by atoms with E-state index in [1.54, 1.807) is 17.9 Å². The summed E-state index contributed by atoms with van der Waals surface area (Å²) in [7, 11) is 1.83. The first-order chi connectivity index (χ1) is 15.9. The van der Waals surface area contributed by atoms with Gasteiger partial charge in [-0.1, -0.05) is 18.2 Å². The largest absolute Gasteiger partial charge is 0.380 e. The number of nitrogens with one attached hydrogen (secondary N) is 1. The molecule has 10 heteroatoms. The molecule has 4 rings (SSSR count). The molecule has 176 valence electrons. The molecule has 1 amide bonds. The summed E-state index contributed by atoms with van der Waals surface area (Å²) < 4.78 is 46.3. The second-order valence-corrected chi connectivity index (χ2v) is 8.16. The van der Waals surface area contributed by atoms with E-state index in [1.807, 2.05) is 11.9 Å². The van der Waals surface area contributed by atoms with E-state index in [9.17, 15) is 18.0 Å². The van der Waals surface area contributed by atoms with E-state index in [-0.39, 0.29) is 11.5 Å². The number of rotatable bonds is 5. The molecule has 2 aliphatic rings. The molecule has 0 spiro atoms. The lowest BCUT2D eigenvalue weighted by atomic mass is 10.0. The van der Waals surface area contributed by atoms with Gasteiger partial charge in [0.1, 0.15) is 23.8 Å². The summed E-state index contributed by atoms with van der Waals surface area (Å²) in [6, 6.07) is 3.30. The van der Waals surface area contributed by atoms with Crippen LogP contribution in [0.15, 0.2) is 30.1 Å². The number of hydrogen-bond acceptors (Lipinski definition) is 6. The number of hydrogen-bond donors (Lipinski definition) is 1. The first kappa shape index (κ1) is 23.0. The number of halogens is 3. The van der Waals surface area contributed by atoms with Crippen LogP contribution in [0.25, 0.3) is 6.08 Å². The average Bonchev–Trinajstić information content (AvgIpc) is 3.08. The average molecular weight is 461 g/mol. The minimum atomic E-state index is -2.90. The normalized spacial score (nSPS) is 17.3. The van der Waals surface area contributed by atoms with Gasteiger partial charge >= 0.3 is 0 Å². The number of anilines is 2. The Balaban J connectivity index is 1.63. The molecular weight excluding hydrogens is 435 g/mol. The third kappa shape index (κ3) is 4.80. The number of likely N-dealkylation sites (N-methyl/N-ethyl adjacent to an activating group) is 1. The van der Waals surface area contributed by atoms with Crippen molar-refractivity contribution in [3.63, 3.8) is 0 Å². The summed E-state index contributed by atoms with van der Waals surface area (Å²) in [5.41, 5.74) is 0.648. The highest BCUT2D eigenvalue weighted by molar-refractivity contribution is 6.01. The van der Waals surface area contributed by atoms with E-state index in [2.05, 4.69) is 15.3 Å². The Labute approximate surface area is 190 Å². The summed E-state index contributed by atoms with van der Waals surface area (Å²) in [4.78, 5) is 25.4. The molecule has 0 saturated carbocycles. The lowest BCUT2D eigenvalue weighted by molar-refractivity contribution is -0.127. The summed E-state index contributed by atoms with van der Waals surface area (Å²) in [5.74, 6) is 0.00140. The van der Waals surface area contributed by atoms with Gasteiger partial charge in [-0.25, -0.2) is 23.1 Å². The molecule has 1 aromatic heterocycles. The van der Waals surface area contributed by atoms with Gasteiger partial charge in [-0.2, -0.15) is 0 Å². The number of ether oxygens (including phenoxy) is 1. The number of carbonyl (C=O) groups is 1. The topological polar surface area (TPSA) is 70.6 Å². The monoisotopic (exact) mass is 461 g/mol. The number of alkyl halides is 2. The maximum Gasteiger partial charge on any atom is 0.266 e. The quantitative estimate of drug-likeness (QED) is 0.730. The number of benzene rings is 1. The highest BCUT2D eigenvalue weighted by Gasteiger charge is 2.28. The van der Waals surface area contributed by atoms with Crippen LogP contribution in [0.5, 0.6) is 0 Å². The number of amides is 1. The number of carbonyl (C=O) groups excluding carboxylic acids is 1. The van der Waals surface area contributed by atoms with Crippen LogP contribution in [0.1, 0.15) is 42.5 Å². The van der Waals surface area contributed by atoms with Crippen LogP contribution in [0.4, 0.5) is 24.8 Å². The summed E-state index contributed by atoms with van der Waals surface area (Å²) >= 11 is 0. The van der Waals surface area contributed by atoms with Gasteiger partial charge < -0.3 is 19.9 Å². The third-order valence-electron chi connectivity index (χ3n) is 5.85. The molecule has 7 nitrogen and oxygen atoms in total. The van der Waals surface area contributed by atoms with Crippen molar-refractivity contribution in [2.75, 3.05) is 50.1 Å². The van der Waals surface area contributed by atoms with Crippen LogP contribution in [0, 0.1) is 5.82 Å². The zero-order chi connectivity index (χ0) is 23.5. The van der Waals surface area contributed by atoms with E-state index < -0.39 is 23.8 Å². The molecule has 3 heterocycles. The molecular formula is C23H26F3N5O2. The van der Waals surface area contributed by atoms with Crippen LogP contribution in [-0.2, 0) is 9.53 Å². The van der Waals surface area contributed by atoms with Crippen LogP contribution < -0.4 is 10.2 Å². The maximum absolute atomic E-state index is 14.7. The van der Waals surface area contributed by atoms with E-state index in [0.29, 0.717) is 55.6 Å². The smallest absolute Gasteiger partial charge is 0.266 e. The van der Waals surface area contributed by atoms with Crippen molar-refractivity contribution >= 4 is 23.6 Å². The second-order valence-electron chi connectivity index (χ2n) is 8.16. The predicted octanol–water partition coefficient (Wildman–Crippen LogP) is 3.81. The van der Waals surface area contributed by atoms with Crippen LogP contribution >= 0.6 is 0 Å². The summed E-state index contributed by atoms with van der Waals surface area (Å²) in [6.07, 6.45) is 1.01. The molecule has 1 fully saturated rings. The van der Waals surface area contributed by atoms with Gasteiger partial charge in [-0.15, -0.1) is 0 Å². The van der Waals surface area contributed by atoms with E-state index in [4.69, 9.17) is 4.74 Å². The number of aromatic nitrogens is 2. The van der Waals surface area contributed by atoms with Gasteiger partial charge in [0.25, 0.3) is 12.3 Å². The molecule has 0 radical (unpaired) electrons. The molecule has 0 bridgehead atoms. The zero-order valence-electron chi connectivity index (χ0n) is 18.5. The molecule has 0 unspecified atom stereocenters. The van der Waals surface area contributed by atoms with Crippen molar-refractivity contribution < 1.29 is 22.7 Å². The minimum absolute atomic E-state index is 0.0727. The second kappa shape index (κ2) is 9.78. The lowest BCUT2D eigenvalue weighted by Gasteiger charge is -2.30. The highest BCUT2D eigenvalue weighted by Crippen LogP contribution is 2.34. The standard InChI is InChI=1S/C23H26F3N5O2/c1-14(16-5-3-6-17(19(16)24)20(25)26)29-21-18-11-15(12-30(2)22(18)28-13-27-21)23(32)31-7-4-9-33-10-8-31/h3,5-6,11,13-14,20H,4,7-10,12H2,1-2H3,(H,27,28,29)/t14-/m1/s1. The zero-order valence-corrected chi connectivity index (χ0v) is 18.5. The maximum atomic E-state index is 14.7. The van der Waals surface area contributed by atoms with Crippen molar-refractivity contribution in [2.45, 2.75) is 25.8 Å². The Morgan fingerprint density at radius 3 is 2.76 bits per heavy atom. The molecule has 1 N–H and O–H groups in total. The van der Waals surface area contributed by atoms with Gasteiger partial charge in [0.15, 0.2) is 0 Å². The number of nitrogens with zero attached hydrogens (tertiary/aromatic N) is 4. The van der Waals surface area contributed by atoms with Gasteiger partial charge in [0.2, 0.25) is 0 Å². The third-order valence-corrected chi connectivity index (χ3v) is 5.85. The summed E-state index contributed by atoms with van der Waals surface area (Å²) in [5, 5.41) is 3.11. The van der Waals surface area contributed by atoms with E-state index >= 15 is 0 Å². The SMILES string of the molecule is C[C@@H](Nc1ncnc2c1C=C(C(=O)N1CCCOCC1)CN2C)c1cccc(C(F)F)c1F. The van der Waals surface area contributed by atoms with Gasteiger partial charge in [0.05, 0.1) is 23.8 Å². The van der Waals surface area contributed by atoms with Crippen molar-refractivity contribution in [2.24, 2.45) is 0 Å². The van der Waals surface area contributed by atoms with Crippen LogP contribution in [-0.4, -0.2) is 60.7 Å². The fourth-order valence-electron chi connectivity index (χ4n) is 4.12.